The van der Waals surface area contributed by atoms with Crippen LogP contribution >= 0.6 is 11.3 Å². The van der Waals surface area contributed by atoms with Crippen molar-refractivity contribution in [3.05, 3.63) is 39.6 Å². The summed E-state index contributed by atoms with van der Waals surface area (Å²) in [6.45, 7) is 1.65. The maximum absolute atomic E-state index is 13.2. The van der Waals surface area contributed by atoms with Gasteiger partial charge in [-0.15, -0.1) is 11.3 Å². The number of pyridine rings is 1. The van der Waals surface area contributed by atoms with Gasteiger partial charge in [0.1, 0.15) is 0 Å². The van der Waals surface area contributed by atoms with E-state index in [1.807, 2.05) is 0 Å². The van der Waals surface area contributed by atoms with Crippen LogP contribution in [0, 0.1) is 30.5 Å². The summed E-state index contributed by atoms with van der Waals surface area (Å²) in [6.07, 6.45) is 0.334. The summed E-state index contributed by atoms with van der Waals surface area (Å²) >= 11 is 1.36. The van der Waals surface area contributed by atoms with Gasteiger partial charge >= 0.3 is 0 Å². The Morgan fingerprint density at radius 3 is 2.32 bits per heavy atom. The van der Waals surface area contributed by atoms with Gasteiger partial charge in [0.15, 0.2) is 5.75 Å². The van der Waals surface area contributed by atoms with Gasteiger partial charge in [0.05, 0.1) is 17.8 Å². The Balaban J connectivity index is 2.10. The molecule has 2 rings (SSSR count). The van der Waals surface area contributed by atoms with Crippen LogP contribution in [-0.2, 0) is 6.42 Å². The summed E-state index contributed by atoms with van der Waals surface area (Å²) in [5.74, 6) is -7.84. The van der Waals surface area contributed by atoms with Gasteiger partial charge in [-0.2, -0.15) is 22.5 Å². The van der Waals surface area contributed by atoms with Crippen LogP contribution in [0.2, 0.25) is 0 Å². The zero-order valence-corrected chi connectivity index (χ0v) is 10.5. The number of hydrogen-bond acceptors (Lipinski definition) is 4. The molecular formula is C11H8F4N2OS. The highest BCUT2D eigenvalue weighted by molar-refractivity contribution is 7.09. The summed E-state index contributed by atoms with van der Waals surface area (Å²) in [5, 5.41) is 0. The molecule has 0 aliphatic heterocycles. The maximum atomic E-state index is 13.2. The van der Waals surface area contributed by atoms with Crippen LogP contribution in [0.1, 0.15) is 10.6 Å². The van der Waals surface area contributed by atoms with Crippen LogP contribution in [0.4, 0.5) is 17.6 Å². The van der Waals surface area contributed by atoms with E-state index >= 15 is 0 Å². The van der Waals surface area contributed by atoms with E-state index < -0.39 is 29.3 Å². The lowest BCUT2D eigenvalue weighted by Crippen LogP contribution is -2.08. The molecule has 0 radical (unpaired) electrons. The fraction of sp³-hybridized carbons (Fsp3) is 0.273. The highest BCUT2D eigenvalue weighted by Crippen LogP contribution is 2.25. The van der Waals surface area contributed by atoms with Gasteiger partial charge in [0.2, 0.25) is 11.6 Å². The number of ether oxygens (including phenoxy) is 1. The van der Waals surface area contributed by atoms with Crippen molar-refractivity contribution in [1.29, 1.82) is 0 Å². The van der Waals surface area contributed by atoms with E-state index in [2.05, 4.69) is 9.97 Å². The second kappa shape index (κ2) is 5.52. The van der Waals surface area contributed by atoms with E-state index in [1.54, 1.807) is 12.4 Å². The molecular weight excluding hydrogens is 284 g/mol. The van der Waals surface area contributed by atoms with E-state index in [9.17, 15) is 17.6 Å². The summed E-state index contributed by atoms with van der Waals surface area (Å²) in [5.41, 5.74) is 2.40. The van der Waals surface area contributed by atoms with Crippen molar-refractivity contribution in [1.82, 2.24) is 9.97 Å². The molecule has 0 saturated heterocycles. The minimum Gasteiger partial charge on any atom is -0.487 e. The lowest BCUT2D eigenvalue weighted by molar-refractivity contribution is 0.267. The van der Waals surface area contributed by atoms with Crippen molar-refractivity contribution in [2.24, 2.45) is 0 Å². The molecule has 0 atom stereocenters. The first-order valence-electron chi connectivity index (χ1n) is 5.22. The molecule has 0 N–H and O–H groups in total. The molecule has 19 heavy (non-hydrogen) atoms. The average Bonchev–Trinajstić information content (AvgIpc) is 2.77. The minimum absolute atomic E-state index is 0.125. The largest absolute Gasteiger partial charge is 0.487 e. The predicted octanol–water partition coefficient (Wildman–Crippen LogP) is 3.02. The van der Waals surface area contributed by atoms with Crippen molar-refractivity contribution < 1.29 is 22.3 Å². The maximum Gasteiger partial charge on any atom is 0.255 e. The van der Waals surface area contributed by atoms with E-state index in [0.717, 1.165) is 10.6 Å². The molecule has 0 aliphatic rings. The molecule has 0 unspecified atom stereocenters. The second-order valence-corrected chi connectivity index (χ2v) is 4.55. The molecule has 0 aromatic carbocycles. The Hall–Kier alpha value is -1.70. The molecule has 8 heteroatoms. The minimum atomic E-state index is -1.73. The van der Waals surface area contributed by atoms with Gasteiger partial charge in [0.25, 0.3) is 11.9 Å². The second-order valence-electron chi connectivity index (χ2n) is 3.61. The molecule has 3 nitrogen and oxygen atoms in total. The van der Waals surface area contributed by atoms with Gasteiger partial charge in [-0.25, -0.2) is 4.98 Å². The molecule has 2 aromatic rings. The SMILES string of the molecule is Cc1ncsc1CCOc1c(F)c(F)nc(F)c1F. The predicted molar refractivity (Wildman–Crippen MR) is 60.1 cm³/mol. The van der Waals surface area contributed by atoms with Gasteiger partial charge in [-0.05, 0) is 6.92 Å². The fourth-order valence-corrected chi connectivity index (χ4v) is 2.17. The Labute approximate surface area is 109 Å². The zero-order valence-electron chi connectivity index (χ0n) is 9.71. The van der Waals surface area contributed by atoms with E-state index in [4.69, 9.17) is 4.74 Å². The fourth-order valence-electron chi connectivity index (χ4n) is 1.41. The van der Waals surface area contributed by atoms with Gasteiger partial charge in [-0.3, -0.25) is 0 Å². The van der Waals surface area contributed by atoms with Crippen molar-refractivity contribution >= 4 is 11.3 Å². The first kappa shape index (κ1) is 13.7. The smallest absolute Gasteiger partial charge is 0.255 e. The van der Waals surface area contributed by atoms with Crippen LogP contribution in [-0.4, -0.2) is 16.6 Å². The van der Waals surface area contributed by atoms with Gasteiger partial charge in [0, 0.05) is 11.3 Å². The summed E-state index contributed by atoms with van der Waals surface area (Å²) in [6, 6.07) is 0. The third-order valence-electron chi connectivity index (χ3n) is 2.38. The first-order valence-corrected chi connectivity index (χ1v) is 6.10. The van der Waals surface area contributed by atoms with Crippen molar-refractivity contribution in [3.63, 3.8) is 0 Å². The third-order valence-corrected chi connectivity index (χ3v) is 3.37. The molecule has 0 saturated carbocycles. The van der Waals surface area contributed by atoms with E-state index in [-0.39, 0.29) is 6.61 Å². The highest BCUT2D eigenvalue weighted by atomic mass is 32.1. The normalized spacial score (nSPS) is 10.8. The monoisotopic (exact) mass is 292 g/mol. The number of halogens is 4. The summed E-state index contributed by atoms with van der Waals surface area (Å²) in [7, 11) is 0. The van der Waals surface area contributed by atoms with Crippen LogP contribution in [0.15, 0.2) is 5.51 Å². The number of nitrogens with zero attached hydrogens (tertiary/aromatic N) is 2. The topological polar surface area (TPSA) is 35.0 Å². The Kier molecular flexibility index (Phi) is 3.98. The number of rotatable bonds is 4. The van der Waals surface area contributed by atoms with Crippen molar-refractivity contribution in [3.8, 4) is 5.75 Å². The number of aryl methyl sites for hydroxylation is 1. The first-order chi connectivity index (χ1) is 9.00. The molecule has 2 aromatic heterocycles. The van der Waals surface area contributed by atoms with E-state index in [0.29, 0.717) is 6.42 Å². The third kappa shape index (κ3) is 2.83. The van der Waals surface area contributed by atoms with Crippen LogP contribution in [0.3, 0.4) is 0 Å². The molecule has 2 heterocycles. The quantitative estimate of drug-likeness (QED) is 0.642. The lowest BCUT2D eigenvalue weighted by atomic mass is 10.3. The zero-order chi connectivity index (χ0) is 14.0. The molecule has 0 amide bonds. The molecule has 0 aliphatic carbocycles. The summed E-state index contributed by atoms with van der Waals surface area (Å²) < 4.78 is 56.8. The number of aromatic nitrogens is 2. The molecule has 0 bridgehead atoms. The molecule has 0 spiro atoms. The number of thiazole rings is 1. The Morgan fingerprint density at radius 1 is 1.16 bits per heavy atom. The van der Waals surface area contributed by atoms with Gasteiger partial charge < -0.3 is 4.74 Å². The Morgan fingerprint density at radius 2 is 1.79 bits per heavy atom. The van der Waals surface area contributed by atoms with Gasteiger partial charge in [-0.1, -0.05) is 0 Å². The number of hydrogen-bond donors (Lipinski definition) is 0. The average molecular weight is 292 g/mol. The van der Waals surface area contributed by atoms with Crippen LogP contribution in [0.25, 0.3) is 0 Å². The van der Waals surface area contributed by atoms with Crippen molar-refractivity contribution in [2.75, 3.05) is 6.61 Å². The van der Waals surface area contributed by atoms with E-state index in [1.165, 1.54) is 11.3 Å². The summed E-state index contributed by atoms with van der Waals surface area (Å²) in [4.78, 5) is 7.30. The Bertz CT molecular complexity index is 576. The standard InChI is InChI=1S/C11H8F4N2OS/c1-5-6(19-4-16-5)2-3-18-9-7(12)10(14)17-11(15)8(9)13/h4H,2-3H2,1H3. The highest BCUT2D eigenvalue weighted by Gasteiger charge is 2.22. The van der Waals surface area contributed by atoms with Crippen molar-refractivity contribution in [2.45, 2.75) is 13.3 Å². The molecule has 0 fully saturated rings. The van der Waals surface area contributed by atoms with Crippen LogP contribution in [0.5, 0.6) is 5.75 Å². The van der Waals surface area contributed by atoms with Crippen LogP contribution < -0.4 is 4.74 Å². The lowest BCUT2D eigenvalue weighted by Gasteiger charge is -2.08. The molecule has 102 valence electrons.